The summed E-state index contributed by atoms with van der Waals surface area (Å²) in [6, 6.07) is 5.31. The van der Waals surface area contributed by atoms with Crippen LogP contribution < -0.4 is 5.32 Å². The van der Waals surface area contributed by atoms with Gasteiger partial charge in [-0.2, -0.15) is 4.98 Å². The Bertz CT molecular complexity index is 599. The van der Waals surface area contributed by atoms with Crippen molar-refractivity contribution in [1.29, 1.82) is 0 Å². The first-order chi connectivity index (χ1) is 9.15. The van der Waals surface area contributed by atoms with Gasteiger partial charge in [0.05, 0.1) is 16.0 Å². The average Bonchev–Trinajstić information content (AvgIpc) is 3.01. The number of nitrogens with one attached hydrogen (secondary N) is 1. The number of hydrogen-bond acceptors (Lipinski definition) is 4. The molecule has 2 aromatic rings. The van der Waals surface area contributed by atoms with Crippen LogP contribution in [-0.4, -0.2) is 23.2 Å². The predicted molar refractivity (Wildman–Crippen MR) is 74.5 cm³/mol. The van der Waals surface area contributed by atoms with Crippen LogP contribution in [0.3, 0.4) is 0 Å². The van der Waals surface area contributed by atoms with Crippen LogP contribution in [0.25, 0.3) is 11.4 Å². The fourth-order valence-corrected chi connectivity index (χ4v) is 2.58. The van der Waals surface area contributed by atoms with Gasteiger partial charge in [-0.3, -0.25) is 0 Å². The summed E-state index contributed by atoms with van der Waals surface area (Å²) in [5.74, 6) is 2.01. The second-order valence-electron chi connectivity index (χ2n) is 4.83. The van der Waals surface area contributed by atoms with Gasteiger partial charge in [-0.25, -0.2) is 0 Å². The lowest BCUT2D eigenvalue weighted by Gasteiger charge is -2.07. The van der Waals surface area contributed by atoms with Crippen molar-refractivity contribution in [1.82, 2.24) is 15.5 Å². The molecular weight excluding hydrogens is 285 g/mol. The molecule has 3 rings (SSSR count). The minimum absolute atomic E-state index is 0.282. The summed E-state index contributed by atoms with van der Waals surface area (Å²) < 4.78 is 5.37. The largest absolute Gasteiger partial charge is 0.339 e. The number of aromatic nitrogens is 2. The van der Waals surface area contributed by atoms with E-state index < -0.39 is 0 Å². The standard InChI is InChI=1S/C13H13Cl2N3O/c1-7-5-16-6-9(7)13-17-12(18-19-13)8-2-3-10(14)11(15)4-8/h2-4,7,9,16H,5-6H2,1H3. The van der Waals surface area contributed by atoms with Crippen molar-refractivity contribution in [2.45, 2.75) is 12.8 Å². The zero-order valence-corrected chi connectivity index (χ0v) is 11.9. The Balaban J connectivity index is 1.90. The van der Waals surface area contributed by atoms with Gasteiger partial charge >= 0.3 is 0 Å². The first-order valence-electron chi connectivity index (χ1n) is 6.15. The minimum atomic E-state index is 0.282. The molecule has 1 aliphatic heterocycles. The van der Waals surface area contributed by atoms with Gasteiger partial charge in [-0.05, 0) is 30.7 Å². The highest BCUT2D eigenvalue weighted by atomic mass is 35.5. The Hall–Kier alpha value is -1.10. The molecule has 6 heteroatoms. The highest BCUT2D eigenvalue weighted by Gasteiger charge is 2.29. The highest BCUT2D eigenvalue weighted by molar-refractivity contribution is 6.42. The van der Waals surface area contributed by atoms with Gasteiger partial charge in [0, 0.05) is 12.1 Å². The molecule has 0 spiro atoms. The van der Waals surface area contributed by atoms with Crippen LogP contribution >= 0.6 is 23.2 Å². The molecule has 2 heterocycles. The van der Waals surface area contributed by atoms with Crippen molar-refractivity contribution < 1.29 is 4.52 Å². The Morgan fingerprint density at radius 3 is 2.79 bits per heavy atom. The number of halogens is 2. The van der Waals surface area contributed by atoms with E-state index in [1.165, 1.54) is 0 Å². The SMILES string of the molecule is CC1CNCC1c1nc(-c2ccc(Cl)c(Cl)c2)no1. The second-order valence-corrected chi connectivity index (χ2v) is 5.64. The quantitative estimate of drug-likeness (QED) is 0.923. The van der Waals surface area contributed by atoms with E-state index in [0.29, 0.717) is 27.7 Å². The van der Waals surface area contributed by atoms with E-state index in [1.54, 1.807) is 12.1 Å². The van der Waals surface area contributed by atoms with Crippen molar-refractivity contribution in [3.8, 4) is 11.4 Å². The molecular formula is C13H13Cl2N3O. The van der Waals surface area contributed by atoms with Gasteiger partial charge in [-0.1, -0.05) is 35.3 Å². The maximum atomic E-state index is 5.99. The van der Waals surface area contributed by atoms with Crippen LogP contribution in [0, 0.1) is 5.92 Å². The highest BCUT2D eigenvalue weighted by Crippen LogP contribution is 2.30. The summed E-state index contributed by atoms with van der Waals surface area (Å²) in [6.07, 6.45) is 0. The molecule has 2 atom stereocenters. The Morgan fingerprint density at radius 2 is 2.11 bits per heavy atom. The maximum Gasteiger partial charge on any atom is 0.231 e. The van der Waals surface area contributed by atoms with Crippen LogP contribution in [0.15, 0.2) is 22.7 Å². The number of rotatable bonds is 2. The van der Waals surface area contributed by atoms with E-state index in [1.807, 2.05) is 6.07 Å². The molecule has 1 saturated heterocycles. The monoisotopic (exact) mass is 297 g/mol. The first kappa shape index (κ1) is 12.9. The molecule has 19 heavy (non-hydrogen) atoms. The van der Waals surface area contributed by atoms with Gasteiger partial charge in [0.1, 0.15) is 0 Å². The molecule has 0 saturated carbocycles. The van der Waals surface area contributed by atoms with Crippen molar-refractivity contribution in [3.63, 3.8) is 0 Å². The Kier molecular flexibility index (Phi) is 3.48. The van der Waals surface area contributed by atoms with Gasteiger partial charge in [-0.15, -0.1) is 0 Å². The molecule has 0 amide bonds. The third-order valence-corrected chi connectivity index (χ3v) is 4.19. The summed E-state index contributed by atoms with van der Waals surface area (Å²) >= 11 is 11.9. The van der Waals surface area contributed by atoms with E-state index in [2.05, 4.69) is 22.4 Å². The van der Waals surface area contributed by atoms with Crippen molar-refractivity contribution in [2.75, 3.05) is 13.1 Å². The van der Waals surface area contributed by atoms with Crippen LogP contribution in [0.1, 0.15) is 18.7 Å². The lowest BCUT2D eigenvalue weighted by atomic mass is 9.98. The molecule has 0 radical (unpaired) electrons. The summed E-state index contributed by atoms with van der Waals surface area (Å²) in [4.78, 5) is 4.46. The Morgan fingerprint density at radius 1 is 1.26 bits per heavy atom. The van der Waals surface area contributed by atoms with E-state index in [4.69, 9.17) is 27.7 Å². The molecule has 0 bridgehead atoms. The van der Waals surface area contributed by atoms with Gasteiger partial charge in [0.2, 0.25) is 11.7 Å². The molecule has 1 aromatic heterocycles. The van der Waals surface area contributed by atoms with Crippen molar-refractivity contribution in [2.24, 2.45) is 5.92 Å². The predicted octanol–water partition coefficient (Wildman–Crippen LogP) is 3.37. The smallest absolute Gasteiger partial charge is 0.231 e. The van der Waals surface area contributed by atoms with Gasteiger partial charge < -0.3 is 9.84 Å². The summed E-state index contributed by atoms with van der Waals surface area (Å²) in [7, 11) is 0. The number of nitrogens with zero attached hydrogens (tertiary/aromatic N) is 2. The normalized spacial score (nSPS) is 22.9. The van der Waals surface area contributed by atoms with Crippen LogP contribution in [0.2, 0.25) is 10.0 Å². The maximum absolute atomic E-state index is 5.99. The van der Waals surface area contributed by atoms with Crippen LogP contribution in [0.4, 0.5) is 0 Å². The number of benzene rings is 1. The van der Waals surface area contributed by atoms with Gasteiger partial charge in [0.25, 0.3) is 0 Å². The fraction of sp³-hybridized carbons (Fsp3) is 0.385. The third-order valence-electron chi connectivity index (χ3n) is 3.45. The van der Waals surface area contributed by atoms with Crippen LogP contribution in [-0.2, 0) is 0 Å². The van der Waals surface area contributed by atoms with Crippen molar-refractivity contribution in [3.05, 3.63) is 34.1 Å². The van der Waals surface area contributed by atoms with Crippen molar-refractivity contribution >= 4 is 23.2 Å². The lowest BCUT2D eigenvalue weighted by molar-refractivity contribution is 0.340. The van der Waals surface area contributed by atoms with E-state index >= 15 is 0 Å². The lowest BCUT2D eigenvalue weighted by Crippen LogP contribution is -2.08. The zero-order chi connectivity index (χ0) is 13.4. The van der Waals surface area contributed by atoms with E-state index in [0.717, 1.165) is 18.7 Å². The van der Waals surface area contributed by atoms with Crippen LogP contribution in [0.5, 0.6) is 0 Å². The number of hydrogen-bond donors (Lipinski definition) is 1. The van der Waals surface area contributed by atoms with E-state index in [-0.39, 0.29) is 5.92 Å². The molecule has 1 aromatic carbocycles. The molecule has 1 N–H and O–H groups in total. The molecule has 1 fully saturated rings. The second kappa shape index (κ2) is 5.12. The zero-order valence-electron chi connectivity index (χ0n) is 10.4. The fourth-order valence-electron chi connectivity index (χ4n) is 2.28. The first-order valence-corrected chi connectivity index (χ1v) is 6.90. The Labute approximate surface area is 121 Å². The molecule has 4 nitrogen and oxygen atoms in total. The minimum Gasteiger partial charge on any atom is -0.339 e. The molecule has 1 aliphatic rings. The summed E-state index contributed by atoms with van der Waals surface area (Å²) in [6.45, 7) is 4.03. The molecule has 0 aliphatic carbocycles. The molecule has 2 unspecified atom stereocenters. The third kappa shape index (κ3) is 2.48. The summed E-state index contributed by atoms with van der Waals surface area (Å²) in [5, 5.41) is 8.34. The molecule has 100 valence electrons. The van der Waals surface area contributed by atoms with E-state index in [9.17, 15) is 0 Å². The van der Waals surface area contributed by atoms with Gasteiger partial charge in [0.15, 0.2) is 0 Å². The topological polar surface area (TPSA) is 51.0 Å². The summed E-state index contributed by atoms with van der Waals surface area (Å²) in [5.41, 5.74) is 0.808. The average molecular weight is 298 g/mol.